The Labute approximate surface area is 132 Å². The van der Waals surface area contributed by atoms with Gasteiger partial charge in [-0.05, 0) is 50.3 Å². The minimum atomic E-state index is -0.128. The van der Waals surface area contributed by atoms with E-state index in [0.717, 1.165) is 50.1 Å². The number of fused-ring (bicyclic) bond motifs is 1. The molecule has 2 heterocycles. The molecule has 2 atom stereocenters. The quantitative estimate of drug-likeness (QED) is 0.872. The molecule has 1 spiro atoms. The Hall–Kier alpha value is -1.61. The highest BCUT2D eigenvalue weighted by Crippen LogP contribution is 2.45. The van der Waals surface area contributed by atoms with E-state index in [-0.39, 0.29) is 11.5 Å². The number of anilines is 1. The summed E-state index contributed by atoms with van der Waals surface area (Å²) in [6.45, 7) is 4.18. The van der Waals surface area contributed by atoms with Crippen molar-refractivity contribution in [2.45, 2.75) is 45.1 Å². The second kappa shape index (κ2) is 5.24. The largest absolute Gasteiger partial charge is 0.392 e. The van der Waals surface area contributed by atoms with Crippen LogP contribution < -0.4 is 4.90 Å². The Kier molecular flexibility index (Phi) is 3.33. The first-order chi connectivity index (χ1) is 10.7. The summed E-state index contributed by atoms with van der Waals surface area (Å²) in [6.07, 6.45) is 5.49. The molecule has 2 aliphatic rings. The Morgan fingerprint density at radius 1 is 1.23 bits per heavy atom. The number of pyridine rings is 1. The fourth-order valence-electron chi connectivity index (χ4n) is 4.45. The molecule has 0 radical (unpaired) electrons. The Balaban J connectivity index is 1.69. The van der Waals surface area contributed by atoms with Gasteiger partial charge in [-0.3, -0.25) is 0 Å². The Bertz CT molecular complexity index is 699. The molecule has 4 rings (SSSR count). The van der Waals surface area contributed by atoms with Crippen LogP contribution in [-0.4, -0.2) is 29.3 Å². The number of para-hydroxylation sites is 1. The van der Waals surface area contributed by atoms with E-state index in [1.807, 2.05) is 0 Å². The molecule has 1 aliphatic carbocycles. The molecule has 1 aliphatic heterocycles. The summed E-state index contributed by atoms with van der Waals surface area (Å²) in [4.78, 5) is 7.28. The highest BCUT2D eigenvalue weighted by atomic mass is 16.3. The lowest BCUT2D eigenvalue weighted by Gasteiger charge is -2.43. The zero-order valence-electron chi connectivity index (χ0n) is 13.3. The molecular weight excluding hydrogens is 272 g/mol. The second-order valence-corrected chi connectivity index (χ2v) is 7.11. The van der Waals surface area contributed by atoms with E-state index in [4.69, 9.17) is 4.98 Å². The van der Waals surface area contributed by atoms with Crippen LogP contribution >= 0.6 is 0 Å². The van der Waals surface area contributed by atoms with Crippen molar-refractivity contribution >= 4 is 16.7 Å². The van der Waals surface area contributed by atoms with Gasteiger partial charge in [0.25, 0.3) is 0 Å². The maximum absolute atomic E-state index is 10.4. The topological polar surface area (TPSA) is 36.4 Å². The number of benzene rings is 1. The van der Waals surface area contributed by atoms with E-state index in [9.17, 15) is 5.11 Å². The van der Waals surface area contributed by atoms with Crippen molar-refractivity contribution in [2.24, 2.45) is 5.41 Å². The van der Waals surface area contributed by atoms with Crippen molar-refractivity contribution in [1.29, 1.82) is 0 Å². The van der Waals surface area contributed by atoms with E-state index in [0.29, 0.717) is 0 Å². The number of hydrogen-bond donors (Lipinski definition) is 1. The third-order valence-electron chi connectivity index (χ3n) is 5.70. The summed E-state index contributed by atoms with van der Waals surface area (Å²) in [7, 11) is 0. The number of rotatable bonds is 1. The summed E-state index contributed by atoms with van der Waals surface area (Å²) in [5.41, 5.74) is 2.47. The molecule has 2 aromatic rings. The van der Waals surface area contributed by atoms with Gasteiger partial charge in [0.05, 0.1) is 11.6 Å². The summed E-state index contributed by atoms with van der Waals surface area (Å²) >= 11 is 0. The standard InChI is InChI=1S/C19H24N2O/c1-14-12-18(20-16-7-3-2-6-15(14)16)21-11-5-10-19(13-21)9-4-8-17(19)22/h2-3,6-7,12,17,22H,4-5,8-11,13H2,1H3/t17-,19-/m1/s1. The number of hydrogen-bond acceptors (Lipinski definition) is 3. The SMILES string of the molecule is Cc1cc(N2CCC[C@]3(CCC[C@H]3O)C2)nc2ccccc12. The average molecular weight is 296 g/mol. The van der Waals surface area contributed by atoms with E-state index >= 15 is 0 Å². The maximum Gasteiger partial charge on any atom is 0.129 e. The van der Waals surface area contributed by atoms with Gasteiger partial charge < -0.3 is 10.0 Å². The molecule has 22 heavy (non-hydrogen) atoms. The Morgan fingerprint density at radius 3 is 2.86 bits per heavy atom. The monoisotopic (exact) mass is 296 g/mol. The second-order valence-electron chi connectivity index (χ2n) is 7.11. The molecule has 1 N–H and O–H groups in total. The third kappa shape index (κ3) is 2.19. The highest BCUT2D eigenvalue weighted by Gasteiger charge is 2.44. The predicted molar refractivity (Wildman–Crippen MR) is 90.2 cm³/mol. The van der Waals surface area contributed by atoms with E-state index < -0.39 is 0 Å². The van der Waals surface area contributed by atoms with Crippen molar-refractivity contribution in [3.8, 4) is 0 Å². The zero-order valence-corrected chi connectivity index (χ0v) is 13.3. The molecule has 3 nitrogen and oxygen atoms in total. The number of piperidine rings is 1. The third-order valence-corrected chi connectivity index (χ3v) is 5.70. The van der Waals surface area contributed by atoms with E-state index in [1.54, 1.807) is 0 Å². The van der Waals surface area contributed by atoms with E-state index in [2.05, 4.69) is 42.2 Å². The van der Waals surface area contributed by atoms with Crippen molar-refractivity contribution < 1.29 is 5.11 Å². The number of aromatic nitrogens is 1. The first-order valence-electron chi connectivity index (χ1n) is 8.47. The molecular formula is C19H24N2O. The lowest BCUT2D eigenvalue weighted by molar-refractivity contribution is 0.0408. The fraction of sp³-hybridized carbons (Fsp3) is 0.526. The van der Waals surface area contributed by atoms with Gasteiger partial charge in [0.2, 0.25) is 0 Å². The minimum absolute atomic E-state index is 0.111. The van der Waals surface area contributed by atoms with Gasteiger partial charge >= 0.3 is 0 Å². The Morgan fingerprint density at radius 2 is 2.05 bits per heavy atom. The van der Waals surface area contributed by atoms with Crippen LogP contribution in [0.4, 0.5) is 5.82 Å². The van der Waals surface area contributed by atoms with Crippen molar-refractivity contribution in [3.05, 3.63) is 35.9 Å². The zero-order chi connectivity index (χ0) is 15.2. The molecule has 116 valence electrons. The van der Waals surface area contributed by atoms with Gasteiger partial charge in [0.1, 0.15) is 5.82 Å². The molecule has 2 fully saturated rings. The average Bonchev–Trinajstić information content (AvgIpc) is 2.88. The van der Waals surface area contributed by atoms with Gasteiger partial charge in [-0.1, -0.05) is 24.6 Å². The molecule has 1 aromatic carbocycles. The van der Waals surface area contributed by atoms with Gasteiger partial charge in [0, 0.05) is 23.9 Å². The van der Waals surface area contributed by atoms with Crippen LogP contribution in [0, 0.1) is 12.3 Å². The minimum Gasteiger partial charge on any atom is -0.392 e. The maximum atomic E-state index is 10.4. The van der Waals surface area contributed by atoms with Crippen molar-refractivity contribution in [3.63, 3.8) is 0 Å². The summed E-state index contributed by atoms with van der Waals surface area (Å²) in [5.74, 6) is 1.08. The lowest BCUT2D eigenvalue weighted by atomic mass is 9.76. The van der Waals surface area contributed by atoms with E-state index in [1.165, 1.54) is 17.4 Å². The van der Waals surface area contributed by atoms with Crippen LogP contribution in [0.25, 0.3) is 10.9 Å². The van der Waals surface area contributed by atoms with Gasteiger partial charge in [-0.2, -0.15) is 0 Å². The summed E-state index contributed by atoms with van der Waals surface area (Å²) < 4.78 is 0. The highest BCUT2D eigenvalue weighted by molar-refractivity contribution is 5.83. The molecule has 1 aromatic heterocycles. The van der Waals surface area contributed by atoms with Crippen LogP contribution in [-0.2, 0) is 0 Å². The van der Waals surface area contributed by atoms with Crippen LogP contribution in [0.15, 0.2) is 30.3 Å². The van der Waals surface area contributed by atoms with Gasteiger partial charge in [0.15, 0.2) is 0 Å². The first kappa shape index (κ1) is 14.0. The number of aryl methyl sites for hydroxylation is 1. The first-order valence-corrected chi connectivity index (χ1v) is 8.47. The summed E-state index contributed by atoms with van der Waals surface area (Å²) in [6, 6.07) is 10.6. The molecule has 0 amide bonds. The van der Waals surface area contributed by atoms with Crippen LogP contribution in [0.1, 0.15) is 37.7 Å². The number of aliphatic hydroxyl groups excluding tert-OH is 1. The normalized spacial score (nSPS) is 28.6. The molecule has 0 bridgehead atoms. The van der Waals surface area contributed by atoms with Gasteiger partial charge in [-0.25, -0.2) is 4.98 Å². The van der Waals surface area contributed by atoms with Crippen molar-refractivity contribution in [1.82, 2.24) is 4.98 Å². The molecule has 1 saturated heterocycles. The fourth-order valence-corrected chi connectivity index (χ4v) is 4.45. The summed E-state index contributed by atoms with van der Waals surface area (Å²) in [5, 5.41) is 11.7. The van der Waals surface area contributed by atoms with Crippen LogP contribution in [0.5, 0.6) is 0 Å². The van der Waals surface area contributed by atoms with Gasteiger partial charge in [-0.15, -0.1) is 0 Å². The van der Waals surface area contributed by atoms with Crippen LogP contribution in [0.2, 0.25) is 0 Å². The molecule has 0 unspecified atom stereocenters. The molecule has 3 heteroatoms. The lowest BCUT2D eigenvalue weighted by Crippen LogP contribution is -2.47. The molecule has 1 saturated carbocycles. The smallest absolute Gasteiger partial charge is 0.129 e. The predicted octanol–water partition coefficient (Wildman–Crippen LogP) is 3.67. The van der Waals surface area contributed by atoms with Crippen molar-refractivity contribution in [2.75, 3.05) is 18.0 Å². The number of nitrogens with zero attached hydrogens (tertiary/aromatic N) is 2. The van der Waals surface area contributed by atoms with Crippen LogP contribution in [0.3, 0.4) is 0 Å². The number of aliphatic hydroxyl groups is 1.